The number of aliphatic hydroxyl groups is 2. The largest absolute Gasteiger partial charge is 3.00 e. The van der Waals surface area contributed by atoms with Crippen molar-refractivity contribution in [3.63, 3.8) is 0 Å². The molecule has 0 radical (unpaired) electrons. The monoisotopic (exact) mass is 717 g/mol. The average Bonchev–Trinajstić information content (AvgIpc) is 3.09. The molecule has 3 aromatic heterocycles. The number of rotatable bonds is 4. The van der Waals surface area contributed by atoms with Gasteiger partial charge in [0.2, 0.25) is 0 Å². The van der Waals surface area contributed by atoms with E-state index in [0.29, 0.717) is 0 Å². The second-order valence-electron chi connectivity index (χ2n) is 7.87. The van der Waals surface area contributed by atoms with Crippen molar-refractivity contribution in [2.75, 3.05) is 14.2 Å². The van der Waals surface area contributed by atoms with E-state index in [1.54, 1.807) is 12.4 Å². The van der Waals surface area contributed by atoms with Crippen LogP contribution in [0.15, 0.2) is 134 Å². The Morgan fingerprint density at radius 1 is 0.439 bits per heavy atom. The molecule has 41 heavy (non-hydrogen) atoms. The molecule has 206 valence electrons. The van der Waals surface area contributed by atoms with Crippen molar-refractivity contribution in [3.8, 4) is 45.0 Å². The van der Waals surface area contributed by atoms with Gasteiger partial charge in [0.15, 0.2) is 0 Å². The first-order valence-corrected chi connectivity index (χ1v) is 12.5. The molecule has 3 aromatic carbocycles. The van der Waals surface area contributed by atoms with E-state index >= 15 is 0 Å². The number of hydrogen-bond acceptors (Lipinski definition) is 5. The summed E-state index contributed by atoms with van der Waals surface area (Å²) in [4.78, 5) is 13.4. The summed E-state index contributed by atoms with van der Waals surface area (Å²) in [5, 5.41) is 14.0. The molecule has 3 heterocycles. The van der Waals surface area contributed by atoms with Crippen molar-refractivity contribution >= 4 is 0 Å². The van der Waals surface area contributed by atoms with E-state index in [-0.39, 0.29) is 20.1 Å². The van der Waals surface area contributed by atoms with Crippen LogP contribution in [0.2, 0.25) is 0 Å². The van der Waals surface area contributed by atoms with E-state index in [1.807, 2.05) is 121 Å². The van der Waals surface area contributed by atoms with Crippen LogP contribution < -0.4 is 0 Å². The Balaban J connectivity index is 0.000000292. The summed E-state index contributed by atoms with van der Waals surface area (Å²) in [5.41, 5.74) is 7.62. The Labute approximate surface area is 255 Å². The van der Waals surface area contributed by atoms with Gasteiger partial charge in [-0.05, 0) is 29.2 Å². The maximum Gasteiger partial charge on any atom is 3.00 e. The molecule has 0 spiro atoms. The van der Waals surface area contributed by atoms with Crippen molar-refractivity contribution in [3.05, 3.63) is 152 Å². The normalized spacial score (nSPS) is 9.27. The molecule has 0 aliphatic heterocycles. The summed E-state index contributed by atoms with van der Waals surface area (Å²) >= 11 is 0. The molecule has 5 nitrogen and oxygen atoms in total. The fraction of sp³-hybridized carbons (Fsp3) is 0.0571. The van der Waals surface area contributed by atoms with E-state index in [0.717, 1.165) is 59.2 Å². The Kier molecular flexibility index (Phi) is 15.1. The Hall–Kier alpha value is -4.32. The fourth-order valence-electron chi connectivity index (χ4n) is 3.65. The van der Waals surface area contributed by atoms with Gasteiger partial charge >= 0.3 is 20.1 Å². The minimum Gasteiger partial charge on any atom is -0.400 e. The SMILES string of the molecule is CO.CO.[Ir+3].[c-]1ccccc1-c1cccc(-c2[c-]c(-c3ccccn3)ccc2)n1.[c-]1ccccc1-c1ccccn1. The third kappa shape index (κ3) is 9.98. The van der Waals surface area contributed by atoms with Crippen molar-refractivity contribution in [1.82, 2.24) is 15.0 Å². The summed E-state index contributed by atoms with van der Waals surface area (Å²) < 4.78 is 0. The number of nitrogens with zero attached hydrogens (tertiary/aromatic N) is 3. The second-order valence-corrected chi connectivity index (χ2v) is 7.87. The second kappa shape index (κ2) is 18.9. The standard InChI is InChI=1S/C22H14N2.C11H8N.2CH4O.Ir/c1-2-8-17(9-3-1)21-13-7-14-22(24-21)19-11-6-10-18(16-19)20-12-4-5-15-23-20;1-2-6-10(7-3-1)11-8-4-5-9-12-11;2*1-2;/h1-8,10-15H;1-6,8-9H;2*2H,1H3;/q-2;-1;;;+3. The van der Waals surface area contributed by atoms with Gasteiger partial charge in [0.05, 0.1) is 0 Å². The third-order valence-corrected chi connectivity index (χ3v) is 5.40. The van der Waals surface area contributed by atoms with Crippen LogP contribution in [0, 0.1) is 18.2 Å². The molecular formula is C35H30IrN3O2. The van der Waals surface area contributed by atoms with Crippen molar-refractivity contribution in [2.45, 2.75) is 0 Å². The summed E-state index contributed by atoms with van der Waals surface area (Å²) in [6, 6.07) is 49.3. The molecule has 0 amide bonds. The zero-order valence-electron chi connectivity index (χ0n) is 22.8. The van der Waals surface area contributed by atoms with E-state index < -0.39 is 0 Å². The molecule has 6 rings (SSSR count). The number of aliphatic hydroxyl groups excluding tert-OH is 2. The number of pyridine rings is 3. The van der Waals surface area contributed by atoms with Gasteiger partial charge < -0.3 is 20.2 Å². The van der Waals surface area contributed by atoms with Crippen LogP contribution in [0.1, 0.15) is 0 Å². The van der Waals surface area contributed by atoms with Crippen molar-refractivity contribution in [1.29, 1.82) is 0 Å². The van der Waals surface area contributed by atoms with Gasteiger partial charge in [0.1, 0.15) is 0 Å². The minimum atomic E-state index is 0. The van der Waals surface area contributed by atoms with Crippen LogP contribution in [-0.4, -0.2) is 39.4 Å². The molecule has 6 aromatic rings. The van der Waals surface area contributed by atoms with Crippen LogP contribution in [0.25, 0.3) is 45.0 Å². The van der Waals surface area contributed by atoms with Gasteiger partial charge in [-0.15, -0.1) is 96.1 Å². The van der Waals surface area contributed by atoms with Crippen LogP contribution in [0.4, 0.5) is 0 Å². The fourth-order valence-corrected chi connectivity index (χ4v) is 3.65. The molecule has 0 saturated carbocycles. The van der Waals surface area contributed by atoms with Crippen LogP contribution in [0.3, 0.4) is 0 Å². The minimum absolute atomic E-state index is 0. The molecule has 0 aliphatic rings. The predicted molar refractivity (Wildman–Crippen MR) is 161 cm³/mol. The van der Waals surface area contributed by atoms with Gasteiger partial charge in [0.25, 0.3) is 0 Å². The van der Waals surface area contributed by atoms with E-state index in [2.05, 4.69) is 28.2 Å². The quantitative estimate of drug-likeness (QED) is 0.196. The molecule has 0 unspecified atom stereocenters. The molecule has 0 aliphatic carbocycles. The molecule has 6 heteroatoms. The van der Waals surface area contributed by atoms with E-state index in [4.69, 9.17) is 15.2 Å². The Morgan fingerprint density at radius 2 is 0.829 bits per heavy atom. The maximum atomic E-state index is 7.00. The van der Waals surface area contributed by atoms with E-state index in [1.165, 1.54) is 0 Å². The maximum absolute atomic E-state index is 7.00. The van der Waals surface area contributed by atoms with Gasteiger partial charge in [0, 0.05) is 32.3 Å². The molecule has 2 N–H and O–H groups in total. The molecule has 0 fully saturated rings. The number of aromatic nitrogens is 3. The van der Waals surface area contributed by atoms with Gasteiger partial charge in [-0.2, -0.15) is 0 Å². The zero-order valence-corrected chi connectivity index (χ0v) is 25.2. The topological polar surface area (TPSA) is 79.1 Å². The smallest absolute Gasteiger partial charge is 0.400 e. The zero-order chi connectivity index (χ0) is 28.4. The van der Waals surface area contributed by atoms with Crippen LogP contribution in [0.5, 0.6) is 0 Å². The first-order chi connectivity index (χ1) is 19.9. The number of hydrogen-bond donors (Lipinski definition) is 2. The Morgan fingerprint density at radius 3 is 1.32 bits per heavy atom. The third-order valence-electron chi connectivity index (χ3n) is 5.40. The number of benzene rings is 3. The van der Waals surface area contributed by atoms with Crippen molar-refractivity contribution in [2.24, 2.45) is 0 Å². The van der Waals surface area contributed by atoms with Gasteiger partial charge in [-0.25, -0.2) is 0 Å². The van der Waals surface area contributed by atoms with Crippen LogP contribution in [-0.2, 0) is 20.1 Å². The van der Waals surface area contributed by atoms with Gasteiger partial charge in [-0.3, -0.25) is 4.98 Å². The van der Waals surface area contributed by atoms with Crippen molar-refractivity contribution < 1.29 is 30.3 Å². The molecule has 0 atom stereocenters. The molecule has 0 saturated heterocycles. The molecular weight excluding hydrogens is 687 g/mol. The molecule has 0 bridgehead atoms. The Bertz CT molecular complexity index is 1400. The predicted octanol–water partition coefficient (Wildman–Crippen LogP) is 6.84. The van der Waals surface area contributed by atoms with E-state index in [9.17, 15) is 0 Å². The van der Waals surface area contributed by atoms with Gasteiger partial charge in [-0.1, -0.05) is 53.6 Å². The first kappa shape index (κ1) is 32.9. The first-order valence-electron chi connectivity index (χ1n) is 12.5. The summed E-state index contributed by atoms with van der Waals surface area (Å²) in [6.07, 6.45) is 3.58. The average molecular weight is 717 g/mol. The van der Waals surface area contributed by atoms with Crippen LogP contribution >= 0.6 is 0 Å². The summed E-state index contributed by atoms with van der Waals surface area (Å²) in [6.45, 7) is 0. The summed E-state index contributed by atoms with van der Waals surface area (Å²) in [5.74, 6) is 0. The summed E-state index contributed by atoms with van der Waals surface area (Å²) in [7, 11) is 2.00.